The monoisotopic (exact) mass is 201 g/mol. The minimum absolute atomic E-state index is 0.0134. The second-order valence-electron chi connectivity index (χ2n) is 3.74. The largest absolute Gasteiger partial charge is 0.351 e. The van der Waals surface area contributed by atoms with Crippen LogP contribution in [0.25, 0.3) is 11.0 Å². The van der Waals surface area contributed by atoms with Crippen molar-refractivity contribution in [1.82, 2.24) is 15.3 Å². The molecule has 1 amide bonds. The summed E-state index contributed by atoms with van der Waals surface area (Å²) >= 11 is 0. The summed E-state index contributed by atoms with van der Waals surface area (Å²) in [6.45, 7) is 0.753. The summed E-state index contributed by atoms with van der Waals surface area (Å²) in [6, 6.07) is 3.91. The van der Waals surface area contributed by atoms with Crippen LogP contribution in [0.1, 0.15) is 22.5 Å². The molecule has 1 aliphatic rings. The topological polar surface area (TPSA) is 57.8 Å². The van der Waals surface area contributed by atoms with Crippen molar-refractivity contribution in [2.45, 2.75) is 12.8 Å². The molecule has 0 saturated carbocycles. The predicted octanol–water partition coefficient (Wildman–Crippen LogP) is 1.24. The maximum Gasteiger partial charge on any atom is 0.268 e. The maximum atomic E-state index is 11.7. The second-order valence-corrected chi connectivity index (χ2v) is 3.74. The van der Waals surface area contributed by atoms with Crippen molar-refractivity contribution in [3.63, 3.8) is 0 Å². The van der Waals surface area contributed by atoms with E-state index in [1.165, 1.54) is 0 Å². The molecule has 2 aromatic heterocycles. The maximum absolute atomic E-state index is 11.7. The molecule has 3 rings (SSSR count). The Hall–Kier alpha value is -1.84. The van der Waals surface area contributed by atoms with Gasteiger partial charge in [-0.3, -0.25) is 4.79 Å². The summed E-state index contributed by atoms with van der Waals surface area (Å²) in [5.41, 5.74) is 2.59. The summed E-state index contributed by atoms with van der Waals surface area (Å²) in [7, 11) is 0. The Labute approximate surface area is 86.7 Å². The van der Waals surface area contributed by atoms with Crippen molar-refractivity contribution >= 4 is 16.9 Å². The molecule has 0 unspecified atom stereocenters. The van der Waals surface area contributed by atoms with Gasteiger partial charge in [-0.05, 0) is 30.5 Å². The molecule has 4 nitrogen and oxygen atoms in total. The summed E-state index contributed by atoms with van der Waals surface area (Å²) in [4.78, 5) is 19.0. The number of carbonyl (C=O) groups is 1. The van der Waals surface area contributed by atoms with Crippen LogP contribution < -0.4 is 5.32 Å². The van der Waals surface area contributed by atoms with E-state index < -0.39 is 0 Å². The van der Waals surface area contributed by atoms with Gasteiger partial charge in [0, 0.05) is 18.1 Å². The minimum Gasteiger partial charge on any atom is -0.351 e. The molecular formula is C11H11N3O. The van der Waals surface area contributed by atoms with Crippen molar-refractivity contribution < 1.29 is 4.79 Å². The number of aromatic nitrogens is 2. The van der Waals surface area contributed by atoms with E-state index in [0.29, 0.717) is 5.69 Å². The van der Waals surface area contributed by atoms with E-state index in [9.17, 15) is 4.79 Å². The van der Waals surface area contributed by atoms with Crippen LogP contribution in [0.4, 0.5) is 0 Å². The highest BCUT2D eigenvalue weighted by molar-refractivity contribution is 6.00. The van der Waals surface area contributed by atoms with Gasteiger partial charge in [0.2, 0.25) is 0 Å². The first-order chi connectivity index (χ1) is 7.36. The van der Waals surface area contributed by atoms with Gasteiger partial charge in [-0.25, -0.2) is 4.98 Å². The number of pyridine rings is 1. The average Bonchev–Trinajstić information content (AvgIpc) is 2.54. The van der Waals surface area contributed by atoms with Gasteiger partial charge in [-0.1, -0.05) is 0 Å². The zero-order valence-corrected chi connectivity index (χ0v) is 8.21. The van der Waals surface area contributed by atoms with Crippen LogP contribution in [0, 0.1) is 0 Å². The molecule has 15 heavy (non-hydrogen) atoms. The van der Waals surface area contributed by atoms with Crippen LogP contribution in [-0.4, -0.2) is 22.4 Å². The molecule has 0 saturated heterocycles. The van der Waals surface area contributed by atoms with Crippen molar-refractivity contribution in [2.24, 2.45) is 0 Å². The number of nitrogens with one attached hydrogen (secondary N) is 2. The zero-order valence-electron chi connectivity index (χ0n) is 8.21. The first kappa shape index (κ1) is 8.47. The lowest BCUT2D eigenvalue weighted by Crippen LogP contribution is -2.22. The number of rotatable bonds is 0. The highest BCUT2D eigenvalue weighted by Gasteiger charge is 2.19. The van der Waals surface area contributed by atoms with Crippen LogP contribution in [0.3, 0.4) is 0 Å². The van der Waals surface area contributed by atoms with Gasteiger partial charge < -0.3 is 10.3 Å². The van der Waals surface area contributed by atoms with Gasteiger partial charge in [0.15, 0.2) is 0 Å². The van der Waals surface area contributed by atoms with Crippen LogP contribution >= 0.6 is 0 Å². The zero-order chi connectivity index (χ0) is 10.3. The van der Waals surface area contributed by atoms with E-state index >= 15 is 0 Å². The predicted molar refractivity (Wildman–Crippen MR) is 56.7 cm³/mol. The van der Waals surface area contributed by atoms with Crippen molar-refractivity contribution in [3.8, 4) is 0 Å². The van der Waals surface area contributed by atoms with Gasteiger partial charge in [0.25, 0.3) is 5.91 Å². The highest BCUT2D eigenvalue weighted by atomic mass is 16.1. The summed E-state index contributed by atoms with van der Waals surface area (Å²) < 4.78 is 0. The highest BCUT2D eigenvalue weighted by Crippen LogP contribution is 2.23. The summed E-state index contributed by atoms with van der Waals surface area (Å²) in [5.74, 6) is -0.0134. The quantitative estimate of drug-likeness (QED) is 0.673. The van der Waals surface area contributed by atoms with E-state index in [-0.39, 0.29) is 5.91 Å². The molecule has 2 N–H and O–H groups in total. The van der Waals surface area contributed by atoms with E-state index in [2.05, 4.69) is 15.3 Å². The molecule has 1 aliphatic heterocycles. The smallest absolute Gasteiger partial charge is 0.268 e. The Balaban J connectivity index is 2.30. The lowest BCUT2D eigenvalue weighted by atomic mass is 10.1. The standard InChI is InChI=1S/C11H11N3O/c15-11-9-7(3-1-6-13-11)8-4-2-5-12-10(8)14-9/h2,4-5H,1,3,6H2,(H,12,14)(H,13,15). The molecule has 0 fully saturated rings. The summed E-state index contributed by atoms with van der Waals surface area (Å²) in [5, 5.41) is 3.94. The summed E-state index contributed by atoms with van der Waals surface area (Å²) in [6.07, 6.45) is 3.65. The number of fused-ring (bicyclic) bond motifs is 3. The Bertz CT molecular complexity index is 530. The molecule has 0 bridgehead atoms. The minimum atomic E-state index is -0.0134. The number of hydrogen-bond donors (Lipinski definition) is 2. The number of H-pyrrole nitrogens is 1. The lowest BCUT2D eigenvalue weighted by molar-refractivity contribution is 0.0952. The number of hydrogen-bond acceptors (Lipinski definition) is 2. The SMILES string of the molecule is O=C1NCCCc2c1[nH]c1ncccc21. The van der Waals surface area contributed by atoms with Crippen LogP contribution in [0.2, 0.25) is 0 Å². The number of carbonyl (C=O) groups excluding carboxylic acids is 1. The third-order valence-electron chi connectivity index (χ3n) is 2.79. The molecule has 0 aliphatic carbocycles. The normalized spacial score (nSPS) is 15.9. The Morgan fingerprint density at radius 3 is 3.27 bits per heavy atom. The fourth-order valence-corrected chi connectivity index (χ4v) is 2.09. The van der Waals surface area contributed by atoms with E-state index in [0.717, 1.165) is 36.0 Å². The van der Waals surface area contributed by atoms with Crippen LogP contribution in [0.15, 0.2) is 18.3 Å². The van der Waals surface area contributed by atoms with E-state index in [1.54, 1.807) is 6.20 Å². The molecule has 76 valence electrons. The third kappa shape index (κ3) is 1.21. The molecular weight excluding hydrogens is 190 g/mol. The second kappa shape index (κ2) is 3.08. The number of aromatic amines is 1. The molecule has 3 heterocycles. The third-order valence-corrected chi connectivity index (χ3v) is 2.79. The van der Waals surface area contributed by atoms with Gasteiger partial charge in [0.05, 0.1) is 0 Å². The van der Waals surface area contributed by atoms with E-state index in [4.69, 9.17) is 0 Å². The first-order valence-electron chi connectivity index (χ1n) is 5.10. The molecule has 4 heteroatoms. The molecule has 2 aromatic rings. The molecule has 0 aromatic carbocycles. The van der Waals surface area contributed by atoms with Crippen LogP contribution in [0.5, 0.6) is 0 Å². The van der Waals surface area contributed by atoms with Crippen LogP contribution in [-0.2, 0) is 6.42 Å². The van der Waals surface area contributed by atoms with Crippen molar-refractivity contribution in [1.29, 1.82) is 0 Å². The van der Waals surface area contributed by atoms with E-state index in [1.807, 2.05) is 12.1 Å². The Morgan fingerprint density at radius 1 is 1.40 bits per heavy atom. The molecule has 0 spiro atoms. The number of amides is 1. The fourth-order valence-electron chi connectivity index (χ4n) is 2.09. The van der Waals surface area contributed by atoms with Gasteiger partial charge >= 0.3 is 0 Å². The number of nitrogens with zero attached hydrogens (tertiary/aromatic N) is 1. The Kier molecular flexibility index (Phi) is 1.74. The lowest BCUT2D eigenvalue weighted by Gasteiger charge is -1.96. The molecule has 0 atom stereocenters. The van der Waals surface area contributed by atoms with Crippen molar-refractivity contribution in [3.05, 3.63) is 29.6 Å². The molecule has 0 radical (unpaired) electrons. The first-order valence-corrected chi connectivity index (χ1v) is 5.10. The van der Waals surface area contributed by atoms with Gasteiger partial charge in [-0.15, -0.1) is 0 Å². The van der Waals surface area contributed by atoms with Gasteiger partial charge in [-0.2, -0.15) is 0 Å². The number of aryl methyl sites for hydroxylation is 1. The Morgan fingerprint density at radius 2 is 2.33 bits per heavy atom. The van der Waals surface area contributed by atoms with Crippen molar-refractivity contribution in [2.75, 3.05) is 6.54 Å². The van der Waals surface area contributed by atoms with Gasteiger partial charge in [0.1, 0.15) is 11.3 Å². The fraction of sp³-hybridized carbons (Fsp3) is 0.273. The average molecular weight is 201 g/mol.